The van der Waals surface area contributed by atoms with E-state index >= 15 is 0 Å². The van der Waals surface area contributed by atoms with Crippen molar-refractivity contribution < 1.29 is 22.5 Å². The molecular weight excluding hydrogens is 268 g/mol. The largest absolute Gasteiger partial charge is 0.423 e. The Morgan fingerprint density at radius 2 is 2.05 bits per heavy atom. The molecule has 1 aromatic carbocycles. The van der Waals surface area contributed by atoms with Crippen molar-refractivity contribution in [2.75, 3.05) is 5.75 Å². The monoisotopic (exact) mass is 282 g/mol. The summed E-state index contributed by atoms with van der Waals surface area (Å²) in [6.45, 7) is 3.60. The van der Waals surface area contributed by atoms with E-state index in [2.05, 4.69) is 6.58 Å². The second kappa shape index (κ2) is 6.86. The summed E-state index contributed by atoms with van der Waals surface area (Å²) < 4.78 is 34.4. The first-order valence-corrected chi connectivity index (χ1v) is 7.08. The second-order valence-corrected chi connectivity index (χ2v) is 5.21. The summed E-state index contributed by atoms with van der Waals surface area (Å²) >= 11 is 0. The fourth-order valence-electron chi connectivity index (χ4n) is 1.28. The molecule has 102 valence electrons. The van der Waals surface area contributed by atoms with Gasteiger partial charge in [0, 0.05) is 11.6 Å². The number of rotatable bonds is 6. The molecule has 0 atom stereocenters. The molecule has 1 N–H and O–H groups in total. The lowest BCUT2D eigenvalue weighted by Crippen LogP contribution is -2.06. The Kier molecular flexibility index (Phi) is 5.47. The Labute approximate surface area is 112 Å². The number of carbonyl (C=O) groups is 1. The summed E-state index contributed by atoms with van der Waals surface area (Å²) in [4.78, 5) is 11.4. The van der Waals surface area contributed by atoms with Crippen LogP contribution in [0.15, 0.2) is 43.0 Å². The zero-order chi connectivity index (χ0) is 14.3. The van der Waals surface area contributed by atoms with Crippen LogP contribution in [0.3, 0.4) is 0 Å². The van der Waals surface area contributed by atoms with Crippen LogP contribution >= 0.6 is 0 Å². The summed E-state index contributed by atoms with van der Waals surface area (Å²) in [6.07, 6.45) is 4.04. The summed E-state index contributed by atoms with van der Waals surface area (Å²) in [5.41, 5.74) is 0.683. The summed E-state index contributed by atoms with van der Waals surface area (Å²) in [5.74, 6) is -0.674. The third-order valence-corrected chi connectivity index (χ3v) is 2.90. The maximum atomic E-state index is 11.4. The average Bonchev–Trinajstić information content (AvgIpc) is 2.34. The van der Waals surface area contributed by atoms with Crippen molar-refractivity contribution in [1.29, 1.82) is 0 Å². The molecule has 1 rings (SSSR count). The molecule has 6 heteroatoms. The number of hydrogen-bond acceptors (Lipinski definition) is 4. The Balaban J connectivity index is 2.56. The minimum Gasteiger partial charge on any atom is -0.423 e. The first-order chi connectivity index (χ1) is 8.92. The van der Waals surface area contributed by atoms with Gasteiger partial charge in [-0.15, -0.1) is 0 Å². The summed E-state index contributed by atoms with van der Waals surface area (Å²) in [7, 11) is -4.01. The normalized spacial score (nSPS) is 11.4. The van der Waals surface area contributed by atoms with Crippen LogP contribution in [0.1, 0.15) is 12.0 Å². The number of carbonyl (C=O) groups excluding carboxylic acids is 1. The van der Waals surface area contributed by atoms with Crippen LogP contribution in [0.25, 0.3) is 6.08 Å². The maximum Gasteiger partial charge on any atom is 0.335 e. The number of benzene rings is 1. The van der Waals surface area contributed by atoms with Crippen LogP contribution in [0, 0.1) is 0 Å². The molecule has 0 heterocycles. The summed E-state index contributed by atoms with van der Waals surface area (Å²) in [5, 5.41) is 0. The van der Waals surface area contributed by atoms with Crippen LogP contribution in [-0.4, -0.2) is 24.7 Å². The van der Waals surface area contributed by atoms with Crippen molar-refractivity contribution in [2.45, 2.75) is 6.42 Å². The molecule has 0 fully saturated rings. The molecule has 0 saturated heterocycles. The molecule has 0 amide bonds. The highest BCUT2D eigenvalue weighted by atomic mass is 32.2. The molecule has 0 radical (unpaired) electrons. The quantitative estimate of drug-likeness (QED) is 0.374. The highest BCUT2D eigenvalue weighted by Gasteiger charge is 2.05. The van der Waals surface area contributed by atoms with Gasteiger partial charge >= 0.3 is 5.97 Å². The van der Waals surface area contributed by atoms with Crippen LogP contribution < -0.4 is 4.74 Å². The van der Waals surface area contributed by atoms with Gasteiger partial charge < -0.3 is 4.74 Å². The minimum absolute atomic E-state index is 0.0387. The van der Waals surface area contributed by atoms with E-state index < -0.39 is 21.8 Å². The van der Waals surface area contributed by atoms with Crippen molar-refractivity contribution in [3.05, 3.63) is 48.6 Å². The standard InChI is InChI=1S/C13H14O5S/c1-2-11-7-3-4-8-12(11)18-13(14)9-5-6-10-19(15,16)17/h2-5,7-9H,1,6,10H2,(H,15,16,17)/b9-5+. The van der Waals surface area contributed by atoms with E-state index in [1.807, 2.05) is 0 Å². The Morgan fingerprint density at radius 3 is 2.68 bits per heavy atom. The van der Waals surface area contributed by atoms with Crippen LogP contribution in [0.4, 0.5) is 0 Å². The molecule has 0 spiro atoms. The van der Waals surface area contributed by atoms with Crippen LogP contribution in [0.5, 0.6) is 5.75 Å². The first kappa shape index (κ1) is 15.1. The lowest BCUT2D eigenvalue weighted by Gasteiger charge is -2.04. The van der Waals surface area contributed by atoms with E-state index in [1.54, 1.807) is 30.3 Å². The van der Waals surface area contributed by atoms with Gasteiger partial charge in [0.25, 0.3) is 10.1 Å². The van der Waals surface area contributed by atoms with E-state index in [0.717, 1.165) is 6.08 Å². The van der Waals surface area contributed by atoms with Crippen molar-refractivity contribution in [2.24, 2.45) is 0 Å². The Bertz CT molecular complexity index is 587. The van der Waals surface area contributed by atoms with Gasteiger partial charge in [-0.05, 0) is 12.5 Å². The van der Waals surface area contributed by atoms with Gasteiger partial charge in [-0.2, -0.15) is 8.42 Å². The number of hydrogen-bond donors (Lipinski definition) is 1. The average molecular weight is 282 g/mol. The van der Waals surface area contributed by atoms with Gasteiger partial charge in [0.05, 0.1) is 5.75 Å². The Hall–Kier alpha value is -1.92. The van der Waals surface area contributed by atoms with Crippen molar-refractivity contribution in [3.63, 3.8) is 0 Å². The third-order valence-electron chi connectivity index (χ3n) is 2.15. The number of allylic oxidation sites excluding steroid dienone is 1. The number of ether oxygens (including phenoxy) is 1. The molecule has 0 aliphatic heterocycles. The summed E-state index contributed by atoms with van der Waals surface area (Å²) in [6, 6.07) is 6.88. The molecule has 0 aliphatic carbocycles. The smallest absolute Gasteiger partial charge is 0.335 e. The highest BCUT2D eigenvalue weighted by molar-refractivity contribution is 7.85. The van der Waals surface area contributed by atoms with Gasteiger partial charge in [0.15, 0.2) is 0 Å². The number of esters is 1. The molecule has 0 bridgehead atoms. The van der Waals surface area contributed by atoms with Crippen molar-refractivity contribution >= 4 is 22.2 Å². The molecular formula is C13H14O5S. The highest BCUT2D eigenvalue weighted by Crippen LogP contribution is 2.18. The molecule has 0 saturated carbocycles. The third kappa shape index (κ3) is 5.98. The first-order valence-electron chi connectivity index (χ1n) is 5.47. The van der Waals surface area contributed by atoms with E-state index in [4.69, 9.17) is 9.29 Å². The minimum atomic E-state index is -4.01. The molecule has 0 aliphatic rings. The van der Waals surface area contributed by atoms with Crippen LogP contribution in [-0.2, 0) is 14.9 Å². The Morgan fingerprint density at radius 1 is 1.37 bits per heavy atom. The zero-order valence-electron chi connectivity index (χ0n) is 10.2. The lowest BCUT2D eigenvalue weighted by atomic mass is 10.2. The predicted molar refractivity (Wildman–Crippen MR) is 72.3 cm³/mol. The van der Waals surface area contributed by atoms with E-state index in [-0.39, 0.29) is 6.42 Å². The molecule has 1 aromatic rings. The van der Waals surface area contributed by atoms with Gasteiger partial charge in [0.2, 0.25) is 0 Å². The number of para-hydroxylation sites is 1. The van der Waals surface area contributed by atoms with Crippen molar-refractivity contribution in [3.8, 4) is 5.75 Å². The van der Waals surface area contributed by atoms with Gasteiger partial charge in [-0.1, -0.05) is 36.9 Å². The van der Waals surface area contributed by atoms with E-state index in [0.29, 0.717) is 11.3 Å². The van der Waals surface area contributed by atoms with Gasteiger partial charge in [0.1, 0.15) is 5.75 Å². The molecule has 5 nitrogen and oxygen atoms in total. The fraction of sp³-hybridized carbons (Fsp3) is 0.154. The second-order valence-electron chi connectivity index (χ2n) is 3.64. The maximum absolute atomic E-state index is 11.4. The SMILES string of the molecule is C=Cc1ccccc1OC(=O)/C=C/CCS(=O)(=O)O. The van der Waals surface area contributed by atoms with Crippen molar-refractivity contribution in [1.82, 2.24) is 0 Å². The van der Waals surface area contributed by atoms with E-state index in [9.17, 15) is 13.2 Å². The molecule has 0 aromatic heterocycles. The zero-order valence-corrected chi connectivity index (χ0v) is 11.0. The lowest BCUT2D eigenvalue weighted by molar-refractivity contribution is -0.129. The molecule has 19 heavy (non-hydrogen) atoms. The van der Waals surface area contributed by atoms with E-state index in [1.165, 1.54) is 6.08 Å². The predicted octanol–water partition coefficient (Wildman–Crippen LogP) is 2.07. The van der Waals surface area contributed by atoms with Crippen LogP contribution in [0.2, 0.25) is 0 Å². The fourth-order valence-corrected chi connectivity index (χ4v) is 1.71. The van der Waals surface area contributed by atoms with Gasteiger partial charge in [-0.25, -0.2) is 4.79 Å². The van der Waals surface area contributed by atoms with Gasteiger partial charge in [-0.3, -0.25) is 4.55 Å². The topological polar surface area (TPSA) is 80.7 Å². The molecule has 0 unspecified atom stereocenters.